The van der Waals surface area contributed by atoms with Crippen LogP contribution in [0.25, 0.3) is 0 Å². The highest BCUT2D eigenvalue weighted by molar-refractivity contribution is 6.03. The van der Waals surface area contributed by atoms with Crippen molar-refractivity contribution in [3.63, 3.8) is 0 Å². The van der Waals surface area contributed by atoms with Crippen molar-refractivity contribution >= 4 is 23.9 Å². The van der Waals surface area contributed by atoms with E-state index >= 15 is 0 Å². The highest BCUT2D eigenvalue weighted by Crippen LogP contribution is 1.99. The van der Waals surface area contributed by atoms with Gasteiger partial charge in [-0.15, -0.1) is 0 Å². The minimum Gasteiger partial charge on any atom is -0.466 e. The Morgan fingerprint density at radius 2 is 1.58 bits per heavy atom. The molecule has 0 aromatic carbocycles. The number of hydrogen-bond donors (Lipinski definition) is 0. The molecule has 0 aliphatic heterocycles. The van der Waals surface area contributed by atoms with Crippen LogP contribution in [0.3, 0.4) is 0 Å². The third-order valence-electron chi connectivity index (χ3n) is 1.69. The Labute approximate surface area is 109 Å². The molecule has 7 heteroatoms. The molecule has 0 amide bonds. The average Bonchev–Trinajstić information content (AvgIpc) is 2.35. The maximum absolute atomic E-state index is 11.3. The highest BCUT2D eigenvalue weighted by atomic mass is 16.6. The minimum absolute atomic E-state index is 0.0988. The lowest BCUT2D eigenvalue weighted by molar-refractivity contribution is -0.154. The summed E-state index contributed by atoms with van der Waals surface area (Å²) < 4.78 is 13.2. The van der Waals surface area contributed by atoms with Gasteiger partial charge in [-0.05, 0) is 13.8 Å². The Morgan fingerprint density at radius 1 is 1.00 bits per heavy atom. The van der Waals surface area contributed by atoms with Crippen molar-refractivity contribution in [2.24, 2.45) is 0 Å². The van der Waals surface area contributed by atoms with Gasteiger partial charge in [0.2, 0.25) is 0 Å². The Balaban J connectivity index is 4.45. The molecule has 0 bridgehead atoms. The van der Waals surface area contributed by atoms with Crippen LogP contribution in [0, 0.1) is 0 Å². The summed E-state index contributed by atoms with van der Waals surface area (Å²) in [6, 6.07) is 0. The Kier molecular flexibility index (Phi) is 7.51. The van der Waals surface area contributed by atoms with E-state index in [0.29, 0.717) is 0 Å². The van der Waals surface area contributed by atoms with Gasteiger partial charge < -0.3 is 14.2 Å². The van der Waals surface area contributed by atoms with Crippen LogP contribution in [0.1, 0.15) is 13.8 Å². The van der Waals surface area contributed by atoms with Crippen molar-refractivity contribution in [1.29, 1.82) is 0 Å². The molecular formula is C12H14O7. The number of methoxy groups -OCH3 is 1. The summed E-state index contributed by atoms with van der Waals surface area (Å²) in [6.45, 7) is 3.07. The van der Waals surface area contributed by atoms with Crippen molar-refractivity contribution in [1.82, 2.24) is 0 Å². The third-order valence-corrected chi connectivity index (χ3v) is 1.69. The Hall–Kier alpha value is -2.44. The zero-order chi connectivity index (χ0) is 14.8. The topological polar surface area (TPSA) is 96.0 Å². The van der Waals surface area contributed by atoms with Crippen LogP contribution in [0.2, 0.25) is 0 Å². The number of carbonyl (C=O) groups excluding carboxylic acids is 4. The van der Waals surface area contributed by atoms with Crippen LogP contribution >= 0.6 is 0 Å². The summed E-state index contributed by atoms with van der Waals surface area (Å²) in [7, 11) is 1.13. The summed E-state index contributed by atoms with van der Waals surface area (Å²) in [5.41, 5.74) is -0.0988. The van der Waals surface area contributed by atoms with Crippen LogP contribution in [0.5, 0.6) is 0 Å². The van der Waals surface area contributed by atoms with Crippen LogP contribution < -0.4 is 0 Å². The van der Waals surface area contributed by atoms with Gasteiger partial charge in [0, 0.05) is 23.8 Å². The van der Waals surface area contributed by atoms with E-state index in [1.54, 1.807) is 6.92 Å². The molecule has 0 saturated heterocycles. The third kappa shape index (κ3) is 7.48. The van der Waals surface area contributed by atoms with Crippen molar-refractivity contribution in [2.45, 2.75) is 13.8 Å². The van der Waals surface area contributed by atoms with Crippen molar-refractivity contribution < 1.29 is 33.4 Å². The fourth-order valence-corrected chi connectivity index (χ4v) is 0.830. The van der Waals surface area contributed by atoms with E-state index in [9.17, 15) is 19.2 Å². The summed E-state index contributed by atoms with van der Waals surface area (Å²) in [6.07, 6.45) is 2.45. The van der Waals surface area contributed by atoms with Crippen molar-refractivity contribution in [3.8, 4) is 0 Å². The molecule has 0 saturated carbocycles. The fraction of sp³-hybridized carbons (Fsp3) is 0.333. The molecule has 0 unspecified atom stereocenters. The molecule has 0 aliphatic carbocycles. The van der Waals surface area contributed by atoms with Gasteiger partial charge in [0.15, 0.2) is 0 Å². The van der Waals surface area contributed by atoms with Gasteiger partial charge in [-0.2, -0.15) is 0 Å². The predicted molar refractivity (Wildman–Crippen MR) is 62.6 cm³/mol. The SMILES string of the molecule is CCOC(=O)/C=C(\C)C(=O)OC(=O)/C=C/C(=O)OC. The minimum atomic E-state index is -1.05. The summed E-state index contributed by atoms with van der Waals surface area (Å²) in [5, 5.41) is 0. The second-order valence-electron chi connectivity index (χ2n) is 3.14. The van der Waals surface area contributed by atoms with Crippen molar-refractivity contribution in [2.75, 3.05) is 13.7 Å². The van der Waals surface area contributed by atoms with Crippen molar-refractivity contribution in [3.05, 3.63) is 23.8 Å². The number of hydrogen-bond acceptors (Lipinski definition) is 7. The van der Waals surface area contributed by atoms with Gasteiger partial charge in [-0.1, -0.05) is 0 Å². The largest absolute Gasteiger partial charge is 0.466 e. The van der Waals surface area contributed by atoms with Gasteiger partial charge >= 0.3 is 23.9 Å². The zero-order valence-electron chi connectivity index (χ0n) is 10.8. The van der Waals surface area contributed by atoms with Crippen LogP contribution in [-0.2, 0) is 33.4 Å². The number of ether oxygens (including phenoxy) is 3. The smallest absolute Gasteiger partial charge is 0.341 e. The average molecular weight is 270 g/mol. The molecule has 0 heterocycles. The Bertz CT molecular complexity index is 431. The number of carbonyl (C=O) groups is 4. The maximum Gasteiger partial charge on any atom is 0.341 e. The van der Waals surface area contributed by atoms with Crippen LogP contribution in [0.15, 0.2) is 23.8 Å². The lowest BCUT2D eigenvalue weighted by Gasteiger charge is -2.00. The van der Waals surface area contributed by atoms with Gasteiger partial charge in [-0.25, -0.2) is 19.2 Å². The predicted octanol–water partition coefficient (Wildman–Crippen LogP) is 0.295. The first-order valence-electron chi connectivity index (χ1n) is 5.28. The van der Waals surface area contributed by atoms with E-state index in [-0.39, 0.29) is 12.2 Å². The van der Waals surface area contributed by atoms with E-state index in [0.717, 1.165) is 25.3 Å². The van der Waals surface area contributed by atoms with Gasteiger partial charge in [0.1, 0.15) is 0 Å². The monoisotopic (exact) mass is 270 g/mol. The molecular weight excluding hydrogens is 256 g/mol. The normalized spacial score (nSPS) is 11.0. The molecule has 19 heavy (non-hydrogen) atoms. The summed E-state index contributed by atoms with van der Waals surface area (Å²) >= 11 is 0. The molecule has 0 radical (unpaired) electrons. The first kappa shape index (κ1) is 16.6. The second kappa shape index (κ2) is 8.62. The fourth-order valence-electron chi connectivity index (χ4n) is 0.830. The van der Waals surface area contributed by atoms with Crippen LogP contribution in [-0.4, -0.2) is 37.6 Å². The standard InChI is InChI=1S/C12H14O7/c1-4-18-11(15)7-8(2)12(16)19-10(14)6-5-9(13)17-3/h5-7H,4H2,1-3H3/b6-5+,8-7+. The van der Waals surface area contributed by atoms with Crippen LogP contribution in [0.4, 0.5) is 0 Å². The van der Waals surface area contributed by atoms with E-state index in [2.05, 4.69) is 14.2 Å². The molecule has 0 aliphatic rings. The molecule has 0 atom stereocenters. The molecule has 0 spiro atoms. The summed E-state index contributed by atoms with van der Waals surface area (Å²) in [5.74, 6) is -3.53. The van der Waals surface area contributed by atoms with Gasteiger partial charge in [0.25, 0.3) is 0 Å². The quantitative estimate of drug-likeness (QED) is 0.306. The lowest BCUT2D eigenvalue weighted by Crippen LogP contribution is -2.13. The molecule has 7 nitrogen and oxygen atoms in total. The first-order chi connectivity index (χ1) is 8.90. The molecule has 104 valence electrons. The lowest BCUT2D eigenvalue weighted by atomic mass is 10.3. The second-order valence-corrected chi connectivity index (χ2v) is 3.14. The molecule has 0 N–H and O–H groups in total. The number of esters is 4. The van der Waals surface area contributed by atoms with Gasteiger partial charge in [0.05, 0.1) is 13.7 Å². The molecule has 0 aromatic heterocycles. The molecule has 0 rings (SSSR count). The van der Waals surface area contributed by atoms with E-state index < -0.39 is 23.9 Å². The zero-order valence-corrected chi connectivity index (χ0v) is 10.8. The summed E-state index contributed by atoms with van der Waals surface area (Å²) in [4.78, 5) is 44.2. The van der Waals surface area contributed by atoms with Gasteiger partial charge in [-0.3, -0.25) is 0 Å². The highest BCUT2D eigenvalue weighted by Gasteiger charge is 2.12. The molecule has 0 aromatic rings. The molecule has 0 fully saturated rings. The first-order valence-corrected chi connectivity index (χ1v) is 5.28. The van der Waals surface area contributed by atoms with E-state index in [4.69, 9.17) is 0 Å². The Morgan fingerprint density at radius 3 is 2.11 bits per heavy atom. The maximum atomic E-state index is 11.3. The van der Waals surface area contributed by atoms with E-state index in [1.165, 1.54) is 6.92 Å². The number of rotatable bonds is 5. The van der Waals surface area contributed by atoms with E-state index in [1.807, 2.05) is 0 Å².